The van der Waals surface area contributed by atoms with Gasteiger partial charge in [-0.2, -0.15) is 0 Å². The van der Waals surface area contributed by atoms with Crippen molar-refractivity contribution in [3.8, 4) is 28.7 Å². The van der Waals surface area contributed by atoms with Crippen LogP contribution in [0, 0.1) is 0 Å². The Hall–Kier alpha value is -3.87. The molecule has 1 atom stereocenters. The van der Waals surface area contributed by atoms with Crippen molar-refractivity contribution in [1.82, 2.24) is 0 Å². The van der Waals surface area contributed by atoms with E-state index in [-0.39, 0.29) is 12.3 Å². The molecular weight excluding hydrogens is 482 g/mol. The summed E-state index contributed by atoms with van der Waals surface area (Å²) in [5.41, 5.74) is 4.71. The number of methoxy groups -OCH3 is 3. The Morgan fingerprint density at radius 2 is 1.39 bits per heavy atom. The fourth-order valence-electron chi connectivity index (χ4n) is 4.99. The first-order valence-electron chi connectivity index (χ1n) is 13.0. The molecule has 1 amide bonds. The molecule has 1 aliphatic rings. The maximum absolute atomic E-state index is 13.8. The van der Waals surface area contributed by atoms with Gasteiger partial charge in [0.1, 0.15) is 0 Å². The second-order valence-electron chi connectivity index (χ2n) is 9.41. The Kier molecular flexibility index (Phi) is 8.35. The second-order valence-corrected chi connectivity index (χ2v) is 9.41. The minimum Gasteiger partial charge on any atom is -0.493 e. The van der Waals surface area contributed by atoms with Crippen LogP contribution in [0.3, 0.4) is 0 Å². The van der Waals surface area contributed by atoms with Gasteiger partial charge >= 0.3 is 0 Å². The zero-order valence-corrected chi connectivity index (χ0v) is 23.3. The van der Waals surface area contributed by atoms with E-state index >= 15 is 0 Å². The van der Waals surface area contributed by atoms with Crippen LogP contribution < -0.4 is 28.6 Å². The summed E-state index contributed by atoms with van der Waals surface area (Å²) in [5.74, 6) is 3.20. The summed E-state index contributed by atoms with van der Waals surface area (Å²) >= 11 is 0. The topological polar surface area (TPSA) is 66.5 Å². The van der Waals surface area contributed by atoms with Gasteiger partial charge in [0.25, 0.3) is 0 Å². The number of carbonyl (C=O) groups excluding carboxylic acids is 1. The van der Waals surface area contributed by atoms with Crippen LogP contribution in [0.4, 0.5) is 5.69 Å². The molecular formula is C31H37NO6. The fourth-order valence-corrected chi connectivity index (χ4v) is 4.99. The molecule has 4 rings (SSSR count). The van der Waals surface area contributed by atoms with Gasteiger partial charge in [0.05, 0.1) is 47.0 Å². The van der Waals surface area contributed by atoms with E-state index in [2.05, 4.69) is 26.0 Å². The van der Waals surface area contributed by atoms with Gasteiger partial charge in [-0.15, -0.1) is 0 Å². The second kappa shape index (κ2) is 11.7. The summed E-state index contributed by atoms with van der Waals surface area (Å²) < 4.78 is 28.8. The molecule has 3 aromatic carbocycles. The van der Waals surface area contributed by atoms with Gasteiger partial charge in [0.2, 0.25) is 11.7 Å². The van der Waals surface area contributed by atoms with Crippen LogP contribution in [0.5, 0.6) is 28.7 Å². The molecule has 0 aromatic heterocycles. The lowest BCUT2D eigenvalue weighted by atomic mass is 9.86. The summed E-state index contributed by atoms with van der Waals surface area (Å²) in [4.78, 5) is 15.7. The number of anilines is 1. The van der Waals surface area contributed by atoms with Gasteiger partial charge in [-0.25, -0.2) is 0 Å². The number of benzene rings is 3. The van der Waals surface area contributed by atoms with Crippen molar-refractivity contribution in [2.75, 3.05) is 39.4 Å². The third kappa shape index (κ3) is 5.10. The smallest absolute Gasteiger partial charge is 0.232 e. The van der Waals surface area contributed by atoms with Crippen LogP contribution in [0.2, 0.25) is 0 Å². The van der Waals surface area contributed by atoms with E-state index in [1.54, 1.807) is 21.3 Å². The Balaban J connectivity index is 1.98. The molecule has 0 saturated heterocycles. The molecule has 38 heavy (non-hydrogen) atoms. The predicted octanol–water partition coefficient (Wildman–Crippen LogP) is 6.31. The normalized spacial score (nSPS) is 14.8. The van der Waals surface area contributed by atoms with Crippen molar-refractivity contribution in [3.05, 3.63) is 70.8 Å². The van der Waals surface area contributed by atoms with Crippen molar-refractivity contribution in [3.63, 3.8) is 0 Å². The third-order valence-corrected chi connectivity index (χ3v) is 6.81. The predicted molar refractivity (Wildman–Crippen MR) is 148 cm³/mol. The van der Waals surface area contributed by atoms with E-state index in [0.29, 0.717) is 47.9 Å². The van der Waals surface area contributed by atoms with Crippen LogP contribution >= 0.6 is 0 Å². The highest BCUT2D eigenvalue weighted by Crippen LogP contribution is 2.47. The lowest BCUT2D eigenvalue weighted by Crippen LogP contribution is -2.41. The monoisotopic (exact) mass is 519 g/mol. The lowest BCUT2D eigenvalue weighted by molar-refractivity contribution is -0.118. The number of amides is 1. The third-order valence-electron chi connectivity index (χ3n) is 6.81. The summed E-state index contributed by atoms with van der Waals surface area (Å²) in [5, 5.41) is 0. The Morgan fingerprint density at radius 1 is 0.816 bits per heavy atom. The summed E-state index contributed by atoms with van der Waals surface area (Å²) in [6.07, 6.45) is 0.245. The Morgan fingerprint density at radius 3 is 1.89 bits per heavy atom. The van der Waals surface area contributed by atoms with Crippen LogP contribution in [0.25, 0.3) is 0 Å². The van der Waals surface area contributed by atoms with E-state index in [1.165, 1.54) is 5.56 Å². The average molecular weight is 520 g/mol. The molecule has 0 aliphatic carbocycles. The van der Waals surface area contributed by atoms with E-state index < -0.39 is 6.04 Å². The maximum atomic E-state index is 13.8. The first-order chi connectivity index (χ1) is 18.4. The largest absolute Gasteiger partial charge is 0.493 e. The number of hydrogen-bond acceptors (Lipinski definition) is 6. The molecule has 0 bridgehead atoms. The summed E-state index contributed by atoms with van der Waals surface area (Å²) in [6.45, 7) is 9.17. The van der Waals surface area contributed by atoms with E-state index in [1.807, 2.05) is 55.1 Å². The number of fused-ring (bicyclic) bond motifs is 1. The molecule has 202 valence electrons. The maximum Gasteiger partial charge on any atom is 0.232 e. The number of carbonyl (C=O) groups is 1. The van der Waals surface area contributed by atoms with Crippen LogP contribution in [-0.2, 0) is 11.2 Å². The van der Waals surface area contributed by atoms with Crippen molar-refractivity contribution in [2.24, 2.45) is 0 Å². The first kappa shape index (κ1) is 27.2. The van der Waals surface area contributed by atoms with E-state index in [4.69, 9.17) is 23.7 Å². The first-order valence-corrected chi connectivity index (χ1v) is 13.0. The molecule has 3 aromatic rings. The molecule has 0 saturated carbocycles. The van der Waals surface area contributed by atoms with Crippen molar-refractivity contribution in [2.45, 2.75) is 46.1 Å². The zero-order valence-electron chi connectivity index (χ0n) is 23.3. The van der Waals surface area contributed by atoms with Crippen molar-refractivity contribution >= 4 is 11.6 Å². The van der Waals surface area contributed by atoms with Crippen LogP contribution in [-0.4, -0.2) is 40.5 Å². The van der Waals surface area contributed by atoms with Gasteiger partial charge in [-0.3, -0.25) is 4.79 Å². The standard InChI is InChI=1S/C31H37NO6/c1-8-37-25-14-21-17-29(33)32(23-12-10-20(11-13-23)19(3)4)30(24(21)18-26(25)38-9-2)22-15-27(34-5)31(36-7)28(16-22)35-6/h10-16,18-19,30H,8-9,17H2,1-7H3/t30-/m1/s1. The highest BCUT2D eigenvalue weighted by molar-refractivity contribution is 5.98. The number of nitrogens with zero attached hydrogens (tertiary/aromatic N) is 1. The SMILES string of the molecule is CCOc1cc2c(cc1OCC)[C@@H](c1cc(OC)c(OC)c(OC)c1)N(c1ccc(C(C)C)cc1)C(=O)C2. The highest BCUT2D eigenvalue weighted by Gasteiger charge is 2.37. The average Bonchev–Trinajstić information content (AvgIpc) is 2.92. The van der Waals surface area contributed by atoms with Crippen molar-refractivity contribution in [1.29, 1.82) is 0 Å². The van der Waals surface area contributed by atoms with Gasteiger partial charge in [-0.1, -0.05) is 26.0 Å². The minimum atomic E-state index is -0.459. The van der Waals surface area contributed by atoms with Gasteiger partial charge in [-0.05, 0) is 78.4 Å². The van der Waals surface area contributed by atoms with Crippen LogP contribution in [0.1, 0.15) is 61.9 Å². The molecule has 7 nitrogen and oxygen atoms in total. The minimum absolute atomic E-state index is 0.0137. The summed E-state index contributed by atoms with van der Waals surface area (Å²) in [6, 6.07) is 15.5. The fraction of sp³-hybridized carbons (Fsp3) is 0.387. The molecule has 1 aliphatic heterocycles. The molecule has 0 N–H and O–H groups in total. The lowest BCUT2D eigenvalue weighted by Gasteiger charge is -2.38. The van der Waals surface area contributed by atoms with Gasteiger partial charge in [0.15, 0.2) is 23.0 Å². The van der Waals surface area contributed by atoms with E-state index in [9.17, 15) is 4.79 Å². The molecule has 7 heteroatoms. The molecule has 0 fully saturated rings. The molecule has 0 radical (unpaired) electrons. The summed E-state index contributed by atoms with van der Waals surface area (Å²) in [7, 11) is 4.75. The van der Waals surface area contributed by atoms with Gasteiger partial charge < -0.3 is 28.6 Å². The molecule has 0 spiro atoms. The van der Waals surface area contributed by atoms with E-state index in [0.717, 1.165) is 22.4 Å². The molecule has 1 heterocycles. The number of hydrogen-bond donors (Lipinski definition) is 0. The Bertz CT molecular complexity index is 1260. The quantitative estimate of drug-likeness (QED) is 0.313. The Labute approximate surface area is 225 Å². The number of rotatable bonds is 10. The van der Waals surface area contributed by atoms with Crippen molar-refractivity contribution < 1.29 is 28.5 Å². The zero-order chi connectivity index (χ0) is 27.4. The van der Waals surface area contributed by atoms with Crippen LogP contribution in [0.15, 0.2) is 48.5 Å². The molecule has 0 unspecified atom stereocenters. The highest BCUT2D eigenvalue weighted by atomic mass is 16.5. The number of ether oxygens (including phenoxy) is 5. The van der Waals surface area contributed by atoms with Gasteiger partial charge in [0, 0.05) is 5.69 Å².